The summed E-state index contributed by atoms with van der Waals surface area (Å²) in [5.74, 6) is 0. The molecule has 1 rings (SSSR count). The molecule has 0 radical (unpaired) electrons. The topological polar surface area (TPSA) is 110 Å². The van der Waals surface area contributed by atoms with Gasteiger partial charge >= 0.3 is 0 Å². The van der Waals surface area contributed by atoms with Gasteiger partial charge < -0.3 is 15.9 Å². The van der Waals surface area contributed by atoms with Gasteiger partial charge in [0.05, 0.1) is 11.0 Å². The Labute approximate surface area is 110 Å². The molecule has 0 heterocycles. The Morgan fingerprint density at radius 2 is 2.12 bits per heavy atom. The summed E-state index contributed by atoms with van der Waals surface area (Å²) in [4.78, 5) is 10.00. The fourth-order valence-corrected chi connectivity index (χ4v) is 1.91. The molecule has 0 saturated heterocycles. The number of nitro groups is 1. The highest BCUT2D eigenvalue weighted by atomic mass is 79.9. The van der Waals surface area contributed by atoms with Gasteiger partial charge in [0.25, 0.3) is 5.69 Å². The van der Waals surface area contributed by atoms with Crippen molar-refractivity contribution in [1.29, 1.82) is 0 Å². The maximum atomic E-state index is 10.7. The zero-order valence-electron chi connectivity index (χ0n) is 8.51. The lowest BCUT2D eigenvalue weighted by atomic mass is 10.0. The van der Waals surface area contributed by atoms with Gasteiger partial charge in [0, 0.05) is 22.0 Å². The normalized spacial score (nSPS) is 14.4. The van der Waals surface area contributed by atoms with E-state index < -0.39 is 17.1 Å². The van der Waals surface area contributed by atoms with Crippen molar-refractivity contribution in [2.75, 3.05) is 11.1 Å². The van der Waals surface area contributed by atoms with Crippen molar-refractivity contribution in [3.63, 3.8) is 0 Å². The largest absolute Gasteiger partial charge is 0.393 e. The third-order valence-corrected chi connectivity index (χ3v) is 3.17. The highest BCUT2D eigenvalue weighted by Gasteiger charge is 2.24. The second-order valence-corrected chi connectivity index (χ2v) is 4.41. The molecule has 2 atom stereocenters. The summed E-state index contributed by atoms with van der Waals surface area (Å²) in [6.07, 6.45) is -2.43. The van der Waals surface area contributed by atoms with Gasteiger partial charge in [0.15, 0.2) is 0 Å². The first-order valence-electron chi connectivity index (χ1n) is 4.54. The maximum Gasteiger partial charge on any atom is 0.292 e. The van der Waals surface area contributed by atoms with E-state index in [0.29, 0.717) is 0 Å². The van der Waals surface area contributed by atoms with Gasteiger partial charge in [0.1, 0.15) is 11.8 Å². The highest BCUT2D eigenvalue weighted by molar-refractivity contribution is 9.09. The molecule has 17 heavy (non-hydrogen) atoms. The number of alkyl halides is 1. The third-order valence-electron chi connectivity index (χ3n) is 2.18. The lowest BCUT2D eigenvalue weighted by Gasteiger charge is -2.17. The van der Waals surface area contributed by atoms with Crippen LogP contribution in [0.3, 0.4) is 0 Å². The van der Waals surface area contributed by atoms with Gasteiger partial charge in [0.2, 0.25) is 0 Å². The second kappa shape index (κ2) is 5.63. The van der Waals surface area contributed by atoms with E-state index in [9.17, 15) is 20.3 Å². The first-order valence-corrected chi connectivity index (χ1v) is 6.03. The van der Waals surface area contributed by atoms with Crippen molar-refractivity contribution in [2.24, 2.45) is 0 Å². The summed E-state index contributed by atoms with van der Waals surface area (Å²) in [5.41, 5.74) is 5.04. The SMILES string of the molecule is Nc1cc(Cl)c(C(O)C(O)CBr)cc1[N+](=O)[O-]. The van der Waals surface area contributed by atoms with Crippen LogP contribution in [-0.2, 0) is 0 Å². The Hall–Kier alpha value is -0.890. The van der Waals surface area contributed by atoms with Gasteiger partial charge in [-0.05, 0) is 6.07 Å². The molecule has 0 aliphatic carbocycles. The molecule has 0 aliphatic rings. The van der Waals surface area contributed by atoms with Gasteiger partial charge in [-0.15, -0.1) is 0 Å². The first kappa shape index (κ1) is 14.2. The monoisotopic (exact) mass is 324 g/mol. The van der Waals surface area contributed by atoms with Crippen LogP contribution in [0.5, 0.6) is 0 Å². The minimum atomic E-state index is -1.32. The van der Waals surface area contributed by atoms with E-state index in [-0.39, 0.29) is 27.3 Å². The summed E-state index contributed by atoms with van der Waals surface area (Å²) in [7, 11) is 0. The average Bonchev–Trinajstić information content (AvgIpc) is 2.26. The number of benzene rings is 1. The van der Waals surface area contributed by atoms with E-state index in [0.717, 1.165) is 6.07 Å². The number of aliphatic hydroxyl groups is 2. The number of hydrogen-bond donors (Lipinski definition) is 3. The summed E-state index contributed by atoms with van der Waals surface area (Å²) in [6.45, 7) is 0. The van der Waals surface area contributed by atoms with Gasteiger partial charge in [-0.1, -0.05) is 27.5 Å². The molecule has 0 spiro atoms. The lowest BCUT2D eigenvalue weighted by Crippen LogP contribution is -2.20. The number of hydrogen-bond acceptors (Lipinski definition) is 5. The number of nitrogens with two attached hydrogens (primary N) is 1. The van der Waals surface area contributed by atoms with Gasteiger partial charge in [-0.25, -0.2) is 0 Å². The summed E-state index contributed by atoms with van der Waals surface area (Å²) in [6, 6.07) is 2.24. The van der Waals surface area contributed by atoms with Crippen LogP contribution in [-0.4, -0.2) is 26.6 Å². The Kier molecular flexibility index (Phi) is 4.70. The quantitative estimate of drug-likeness (QED) is 0.337. The molecule has 94 valence electrons. The number of anilines is 1. The molecule has 1 aromatic carbocycles. The third kappa shape index (κ3) is 3.06. The molecule has 0 amide bonds. The van der Waals surface area contributed by atoms with Crippen molar-refractivity contribution in [1.82, 2.24) is 0 Å². The molecule has 0 fully saturated rings. The Balaban J connectivity index is 3.24. The zero-order valence-corrected chi connectivity index (χ0v) is 10.8. The fourth-order valence-electron chi connectivity index (χ4n) is 1.27. The Bertz CT molecular complexity index is 443. The smallest absolute Gasteiger partial charge is 0.292 e. The highest BCUT2D eigenvalue weighted by Crippen LogP contribution is 2.33. The summed E-state index contributed by atoms with van der Waals surface area (Å²) < 4.78 is 0. The second-order valence-electron chi connectivity index (χ2n) is 3.36. The number of nitrogen functional groups attached to an aromatic ring is 1. The molecule has 4 N–H and O–H groups in total. The van der Waals surface area contributed by atoms with E-state index >= 15 is 0 Å². The summed E-state index contributed by atoms with van der Waals surface area (Å²) >= 11 is 8.80. The molecule has 2 unspecified atom stereocenters. The van der Waals surface area contributed by atoms with E-state index in [2.05, 4.69) is 15.9 Å². The molecule has 6 nitrogen and oxygen atoms in total. The van der Waals surface area contributed by atoms with Crippen molar-refractivity contribution in [3.8, 4) is 0 Å². The standard InChI is InChI=1S/C9H10BrClN2O4/c10-3-8(14)9(15)4-1-7(13(16)17)6(12)2-5(4)11/h1-2,8-9,14-15H,3,12H2. The van der Waals surface area contributed by atoms with E-state index in [1.165, 1.54) is 6.07 Å². The molecule has 1 aromatic rings. The predicted molar refractivity (Wildman–Crippen MR) is 67.3 cm³/mol. The van der Waals surface area contributed by atoms with Crippen LogP contribution in [0, 0.1) is 10.1 Å². The predicted octanol–water partition coefficient (Wildman–Crippen LogP) is 1.62. The van der Waals surface area contributed by atoms with Crippen molar-refractivity contribution >= 4 is 38.9 Å². The number of rotatable bonds is 4. The van der Waals surface area contributed by atoms with Crippen LogP contribution >= 0.6 is 27.5 Å². The molecule has 0 saturated carbocycles. The van der Waals surface area contributed by atoms with E-state index in [1.807, 2.05) is 0 Å². The molecule has 0 aromatic heterocycles. The minimum absolute atomic E-state index is 0.0690. The molecular weight excluding hydrogens is 315 g/mol. The first-order chi connectivity index (χ1) is 7.88. The van der Waals surface area contributed by atoms with Crippen LogP contribution in [0.4, 0.5) is 11.4 Å². The van der Waals surface area contributed by atoms with Crippen molar-refractivity contribution in [3.05, 3.63) is 32.8 Å². The van der Waals surface area contributed by atoms with Crippen LogP contribution in [0.25, 0.3) is 0 Å². The van der Waals surface area contributed by atoms with Crippen LogP contribution < -0.4 is 5.73 Å². The maximum absolute atomic E-state index is 10.7. The molecule has 8 heteroatoms. The van der Waals surface area contributed by atoms with Crippen LogP contribution in [0.15, 0.2) is 12.1 Å². The fraction of sp³-hybridized carbons (Fsp3) is 0.333. The number of nitro benzene ring substituents is 1. The van der Waals surface area contributed by atoms with Gasteiger partial charge in [-0.3, -0.25) is 10.1 Å². The van der Waals surface area contributed by atoms with E-state index in [1.54, 1.807) is 0 Å². The zero-order chi connectivity index (χ0) is 13.2. The molecule has 0 bridgehead atoms. The van der Waals surface area contributed by atoms with Crippen molar-refractivity contribution < 1.29 is 15.1 Å². The summed E-state index contributed by atoms with van der Waals surface area (Å²) in [5, 5.41) is 30.0. The average molecular weight is 326 g/mol. The van der Waals surface area contributed by atoms with E-state index in [4.69, 9.17) is 17.3 Å². The van der Waals surface area contributed by atoms with Crippen LogP contribution in [0.1, 0.15) is 11.7 Å². The number of halogens is 2. The Morgan fingerprint density at radius 3 is 2.59 bits per heavy atom. The lowest BCUT2D eigenvalue weighted by molar-refractivity contribution is -0.384. The Morgan fingerprint density at radius 1 is 1.53 bits per heavy atom. The number of nitrogens with zero attached hydrogens (tertiary/aromatic N) is 1. The molecule has 0 aliphatic heterocycles. The van der Waals surface area contributed by atoms with Crippen LogP contribution in [0.2, 0.25) is 5.02 Å². The van der Waals surface area contributed by atoms with Crippen molar-refractivity contribution in [2.45, 2.75) is 12.2 Å². The molecular formula is C9H10BrClN2O4. The number of aliphatic hydroxyl groups excluding tert-OH is 2. The minimum Gasteiger partial charge on any atom is -0.393 e. The van der Waals surface area contributed by atoms with Gasteiger partial charge in [-0.2, -0.15) is 0 Å².